The van der Waals surface area contributed by atoms with Crippen molar-refractivity contribution in [2.45, 2.75) is 4.90 Å². The summed E-state index contributed by atoms with van der Waals surface area (Å²) in [6.07, 6.45) is 1.15. The molecule has 2 N–H and O–H groups in total. The zero-order valence-electron chi connectivity index (χ0n) is 9.21. The summed E-state index contributed by atoms with van der Waals surface area (Å²) in [7, 11) is -2.62. The van der Waals surface area contributed by atoms with Gasteiger partial charge in [-0.25, -0.2) is 22.6 Å². The van der Waals surface area contributed by atoms with Gasteiger partial charge in [-0.3, -0.25) is 0 Å². The van der Waals surface area contributed by atoms with Gasteiger partial charge in [0.05, 0.1) is 12.0 Å². The van der Waals surface area contributed by atoms with E-state index in [9.17, 15) is 12.8 Å². The standard InChI is InChI=1S/C9H9FN4O3S/c1-17-8-3-2-6(4-7(8)10)18(15,16)14-9-11-5-12-13-9/h2-5H,1H3,(H2,11,12,13,14). The molecule has 7 nitrogen and oxygen atoms in total. The van der Waals surface area contributed by atoms with E-state index >= 15 is 0 Å². The highest BCUT2D eigenvalue weighted by atomic mass is 32.2. The first-order chi connectivity index (χ1) is 8.53. The quantitative estimate of drug-likeness (QED) is 0.856. The van der Waals surface area contributed by atoms with Crippen LogP contribution in [0.1, 0.15) is 0 Å². The molecule has 18 heavy (non-hydrogen) atoms. The Morgan fingerprint density at radius 1 is 1.44 bits per heavy atom. The molecule has 0 radical (unpaired) electrons. The number of benzene rings is 1. The molecule has 0 saturated heterocycles. The Labute approximate surface area is 102 Å². The lowest BCUT2D eigenvalue weighted by molar-refractivity contribution is 0.385. The van der Waals surface area contributed by atoms with Gasteiger partial charge in [-0.2, -0.15) is 10.1 Å². The average molecular weight is 272 g/mol. The summed E-state index contributed by atoms with van der Waals surface area (Å²) in [5, 5.41) is 5.82. The molecule has 0 aliphatic heterocycles. The molecule has 2 rings (SSSR count). The molecule has 0 aliphatic carbocycles. The Morgan fingerprint density at radius 3 is 2.78 bits per heavy atom. The van der Waals surface area contributed by atoms with Crippen LogP contribution < -0.4 is 9.46 Å². The normalized spacial score (nSPS) is 11.2. The molecule has 2 aromatic rings. The maximum atomic E-state index is 13.4. The Morgan fingerprint density at radius 2 is 2.22 bits per heavy atom. The smallest absolute Gasteiger partial charge is 0.264 e. The Bertz CT molecular complexity index is 642. The minimum atomic E-state index is -3.91. The first kappa shape index (κ1) is 12.3. The van der Waals surface area contributed by atoms with Crippen LogP contribution in [0.15, 0.2) is 29.4 Å². The first-order valence-electron chi connectivity index (χ1n) is 4.74. The van der Waals surface area contributed by atoms with Crippen molar-refractivity contribution in [3.8, 4) is 5.75 Å². The molecular weight excluding hydrogens is 263 g/mol. The molecule has 0 fully saturated rings. The molecule has 0 bridgehead atoms. The van der Waals surface area contributed by atoms with Crippen molar-refractivity contribution in [2.75, 3.05) is 11.8 Å². The molecule has 1 aromatic heterocycles. The fourth-order valence-electron chi connectivity index (χ4n) is 1.26. The van der Waals surface area contributed by atoms with Gasteiger partial charge in [-0.15, -0.1) is 0 Å². The zero-order valence-corrected chi connectivity index (χ0v) is 10.0. The van der Waals surface area contributed by atoms with Gasteiger partial charge in [0.25, 0.3) is 10.0 Å². The number of aromatic nitrogens is 3. The summed E-state index contributed by atoms with van der Waals surface area (Å²) >= 11 is 0. The number of methoxy groups -OCH3 is 1. The number of rotatable bonds is 4. The van der Waals surface area contributed by atoms with Crippen LogP contribution in [0.25, 0.3) is 0 Å². The second kappa shape index (κ2) is 4.61. The third-order valence-corrected chi connectivity index (χ3v) is 3.42. The highest BCUT2D eigenvalue weighted by Gasteiger charge is 2.17. The van der Waals surface area contributed by atoms with Crippen molar-refractivity contribution >= 4 is 16.0 Å². The van der Waals surface area contributed by atoms with Crippen LogP contribution in [0.2, 0.25) is 0 Å². The molecule has 0 unspecified atom stereocenters. The third-order valence-electron chi connectivity index (χ3n) is 2.08. The number of anilines is 1. The molecule has 0 saturated carbocycles. The molecular formula is C9H9FN4O3S. The summed E-state index contributed by atoms with van der Waals surface area (Å²) < 4.78 is 43.9. The summed E-state index contributed by atoms with van der Waals surface area (Å²) in [5.41, 5.74) is 0. The van der Waals surface area contributed by atoms with Crippen molar-refractivity contribution in [1.82, 2.24) is 15.2 Å². The number of hydrogen-bond acceptors (Lipinski definition) is 5. The topological polar surface area (TPSA) is 97.0 Å². The van der Waals surface area contributed by atoms with Gasteiger partial charge in [0, 0.05) is 0 Å². The van der Waals surface area contributed by atoms with Crippen LogP contribution in [-0.4, -0.2) is 30.7 Å². The summed E-state index contributed by atoms with van der Waals surface area (Å²) in [4.78, 5) is 3.37. The van der Waals surface area contributed by atoms with Crippen molar-refractivity contribution in [3.63, 3.8) is 0 Å². The Hall–Kier alpha value is -2.16. The van der Waals surface area contributed by atoms with Gasteiger partial charge < -0.3 is 4.74 Å². The minimum Gasteiger partial charge on any atom is -0.494 e. The molecule has 0 aliphatic rings. The van der Waals surface area contributed by atoms with Gasteiger partial charge in [-0.1, -0.05) is 0 Å². The van der Waals surface area contributed by atoms with E-state index in [1.54, 1.807) is 0 Å². The van der Waals surface area contributed by atoms with Crippen LogP contribution in [0, 0.1) is 5.82 Å². The van der Waals surface area contributed by atoms with Gasteiger partial charge >= 0.3 is 0 Å². The summed E-state index contributed by atoms with van der Waals surface area (Å²) in [5.74, 6) is -0.849. The van der Waals surface area contributed by atoms with Gasteiger partial charge in [0.2, 0.25) is 5.95 Å². The van der Waals surface area contributed by atoms with Crippen LogP contribution in [0.4, 0.5) is 10.3 Å². The van der Waals surface area contributed by atoms with Crippen LogP contribution in [0.5, 0.6) is 5.75 Å². The zero-order chi connectivity index (χ0) is 13.2. The van der Waals surface area contributed by atoms with E-state index in [1.165, 1.54) is 19.2 Å². The lowest BCUT2D eigenvalue weighted by Crippen LogP contribution is -2.14. The number of hydrogen-bond donors (Lipinski definition) is 2. The van der Waals surface area contributed by atoms with Gasteiger partial charge in [0.1, 0.15) is 6.33 Å². The van der Waals surface area contributed by atoms with Crippen LogP contribution in [-0.2, 0) is 10.0 Å². The molecule has 9 heteroatoms. The second-order valence-electron chi connectivity index (χ2n) is 3.24. The molecule has 0 atom stereocenters. The third kappa shape index (κ3) is 2.40. The number of sulfonamides is 1. The molecule has 1 heterocycles. The predicted molar refractivity (Wildman–Crippen MR) is 60.1 cm³/mol. The second-order valence-corrected chi connectivity index (χ2v) is 4.92. The van der Waals surface area contributed by atoms with E-state index in [0.717, 1.165) is 12.4 Å². The van der Waals surface area contributed by atoms with Crippen LogP contribution in [0.3, 0.4) is 0 Å². The molecule has 0 amide bonds. The fraction of sp³-hybridized carbons (Fsp3) is 0.111. The van der Waals surface area contributed by atoms with Crippen LogP contribution >= 0.6 is 0 Å². The monoisotopic (exact) mass is 272 g/mol. The van der Waals surface area contributed by atoms with E-state index in [2.05, 4.69) is 19.9 Å². The van der Waals surface area contributed by atoms with E-state index < -0.39 is 15.8 Å². The largest absolute Gasteiger partial charge is 0.494 e. The van der Waals surface area contributed by atoms with E-state index in [1.807, 2.05) is 0 Å². The maximum absolute atomic E-state index is 13.4. The van der Waals surface area contributed by atoms with Crippen molar-refractivity contribution < 1.29 is 17.5 Å². The lowest BCUT2D eigenvalue weighted by Gasteiger charge is -2.06. The highest BCUT2D eigenvalue weighted by molar-refractivity contribution is 7.92. The van der Waals surface area contributed by atoms with E-state index in [4.69, 9.17) is 4.74 Å². The first-order valence-corrected chi connectivity index (χ1v) is 6.23. The lowest BCUT2D eigenvalue weighted by atomic mass is 10.3. The Kier molecular flexibility index (Phi) is 3.15. The number of halogens is 1. The number of ether oxygens (including phenoxy) is 1. The van der Waals surface area contributed by atoms with Crippen molar-refractivity contribution in [2.24, 2.45) is 0 Å². The molecule has 96 valence electrons. The molecule has 0 spiro atoms. The summed E-state index contributed by atoms with van der Waals surface area (Å²) in [6, 6.07) is 3.31. The average Bonchev–Trinajstić information content (AvgIpc) is 2.81. The highest BCUT2D eigenvalue weighted by Crippen LogP contribution is 2.21. The van der Waals surface area contributed by atoms with Gasteiger partial charge in [0.15, 0.2) is 11.6 Å². The van der Waals surface area contributed by atoms with Gasteiger partial charge in [-0.05, 0) is 18.2 Å². The Balaban J connectivity index is 2.33. The van der Waals surface area contributed by atoms with Crippen molar-refractivity contribution in [1.29, 1.82) is 0 Å². The van der Waals surface area contributed by atoms with E-state index in [0.29, 0.717) is 0 Å². The SMILES string of the molecule is COc1ccc(S(=O)(=O)Nc2ncn[nH]2)cc1F. The molecule has 1 aromatic carbocycles. The maximum Gasteiger partial charge on any atom is 0.264 e. The summed E-state index contributed by atoms with van der Waals surface area (Å²) in [6.45, 7) is 0. The number of H-pyrrole nitrogens is 1. The fourth-order valence-corrected chi connectivity index (χ4v) is 2.23. The number of nitrogens with one attached hydrogen (secondary N) is 2. The number of nitrogens with zero attached hydrogens (tertiary/aromatic N) is 2. The predicted octanol–water partition coefficient (Wildman–Crippen LogP) is 0.753. The van der Waals surface area contributed by atoms with Crippen molar-refractivity contribution in [3.05, 3.63) is 30.3 Å². The number of aromatic amines is 1. The minimum absolute atomic E-state index is 0.0337. The van der Waals surface area contributed by atoms with E-state index in [-0.39, 0.29) is 16.6 Å².